The molecule has 0 fully saturated rings. The molecule has 30 heavy (non-hydrogen) atoms. The van der Waals surface area contributed by atoms with Crippen LogP contribution in [-0.4, -0.2) is 27.3 Å². The van der Waals surface area contributed by atoms with E-state index in [9.17, 15) is 4.79 Å². The summed E-state index contributed by atoms with van der Waals surface area (Å²) in [5, 5.41) is 7.41. The number of aromatic nitrogens is 3. The number of nitrogens with one attached hydrogen (secondary N) is 1. The average molecular weight is 398 g/mol. The number of hydrogen-bond acceptors (Lipinski definition) is 4. The molecule has 4 aromatic rings. The van der Waals surface area contributed by atoms with Crippen LogP contribution >= 0.6 is 0 Å². The number of anilines is 1. The van der Waals surface area contributed by atoms with Gasteiger partial charge >= 0.3 is 0 Å². The van der Waals surface area contributed by atoms with Crippen molar-refractivity contribution >= 4 is 11.6 Å². The quantitative estimate of drug-likeness (QED) is 0.502. The van der Waals surface area contributed by atoms with Crippen LogP contribution in [0.25, 0.3) is 17.1 Å². The minimum Gasteiger partial charge on any atom is -0.492 e. The maximum Gasteiger partial charge on any atom is 0.295 e. The molecule has 6 heteroatoms. The van der Waals surface area contributed by atoms with Crippen molar-refractivity contribution in [2.75, 3.05) is 11.9 Å². The van der Waals surface area contributed by atoms with Crippen LogP contribution in [0.4, 0.5) is 5.69 Å². The van der Waals surface area contributed by atoms with Crippen molar-refractivity contribution in [2.24, 2.45) is 0 Å². The van der Waals surface area contributed by atoms with Crippen LogP contribution in [0.5, 0.6) is 5.75 Å². The Morgan fingerprint density at radius 1 is 0.967 bits per heavy atom. The van der Waals surface area contributed by atoms with E-state index >= 15 is 0 Å². The number of nitrogens with zero attached hydrogens (tertiary/aromatic N) is 3. The van der Waals surface area contributed by atoms with E-state index in [0.717, 1.165) is 16.8 Å². The maximum atomic E-state index is 13.0. The van der Waals surface area contributed by atoms with Gasteiger partial charge in [0.25, 0.3) is 5.91 Å². The summed E-state index contributed by atoms with van der Waals surface area (Å²) >= 11 is 0. The first kappa shape index (κ1) is 19.4. The zero-order valence-corrected chi connectivity index (χ0v) is 16.9. The Kier molecular flexibility index (Phi) is 5.57. The van der Waals surface area contributed by atoms with Gasteiger partial charge in [-0.05, 0) is 37.6 Å². The van der Waals surface area contributed by atoms with E-state index in [2.05, 4.69) is 15.4 Å². The molecule has 6 nitrogen and oxygen atoms in total. The monoisotopic (exact) mass is 398 g/mol. The molecule has 1 N–H and O–H groups in total. The van der Waals surface area contributed by atoms with Crippen LogP contribution in [-0.2, 0) is 0 Å². The zero-order chi connectivity index (χ0) is 20.9. The summed E-state index contributed by atoms with van der Waals surface area (Å²) in [6.07, 6.45) is 0. The molecule has 0 aliphatic rings. The first-order valence-corrected chi connectivity index (χ1v) is 9.79. The molecule has 1 aromatic heterocycles. The number of rotatable bonds is 6. The number of amides is 1. The second kappa shape index (κ2) is 8.61. The van der Waals surface area contributed by atoms with Gasteiger partial charge in [0, 0.05) is 5.56 Å². The van der Waals surface area contributed by atoms with E-state index < -0.39 is 5.91 Å². The molecule has 0 unspecified atom stereocenters. The molecule has 0 saturated carbocycles. The van der Waals surface area contributed by atoms with Crippen molar-refractivity contribution < 1.29 is 9.53 Å². The zero-order valence-electron chi connectivity index (χ0n) is 16.9. The van der Waals surface area contributed by atoms with Crippen LogP contribution < -0.4 is 10.1 Å². The number of hydrogen-bond donors (Lipinski definition) is 1. The first-order chi connectivity index (χ1) is 14.7. The largest absolute Gasteiger partial charge is 0.492 e. The Morgan fingerprint density at radius 2 is 1.67 bits per heavy atom. The van der Waals surface area contributed by atoms with E-state index in [1.54, 1.807) is 10.7 Å². The number of carbonyl (C=O) groups excluding carboxylic acids is 1. The molecule has 0 radical (unpaired) electrons. The van der Waals surface area contributed by atoms with Crippen LogP contribution in [0.3, 0.4) is 0 Å². The lowest BCUT2D eigenvalue weighted by Crippen LogP contribution is -2.15. The van der Waals surface area contributed by atoms with Gasteiger partial charge in [0.2, 0.25) is 5.82 Å². The molecule has 1 amide bonds. The standard InChI is InChI=1S/C24H22N4O2/c1-3-30-21-16-10-8-14-19(21)25-24(29)22-26-23(18-12-5-4-6-13-18)28(27-22)20-15-9-7-11-17(20)2/h4-16H,3H2,1-2H3,(H,25,29). The number of benzene rings is 3. The lowest BCUT2D eigenvalue weighted by Gasteiger charge is -2.10. The van der Waals surface area contributed by atoms with E-state index in [0.29, 0.717) is 23.9 Å². The first-order valence-electron chi connectivity index (χ1n) is 9.79. The maximum absolute atomic E-state index is 13.0. The lowest BCUT2D eigenvalue weighted by molar-refractivity contribution is 0.101. The fourth-order valence-electron chi connectivity index (χ4n) is 3.18. The van der Waals surface area contributed by atoms with Gasteiger partial charge in [0.05, 0.1) is 18.0 Å². The van der Waals surface area contributed by atoms with Gasteiger partial charge in [-0.1, -0.05) is 60.7 Å². The molecule has 0 saturated heterocycles. The Bertz CT molecular complexity index is 1170. The third-order valence-corrected chi connectivity index (χ3v) is 4.62. The predicted molar refractivity (Wildman–Crippen MR) is 117 cm³/mol. The molecule has 0 atom stereocenters. The minimum atomic E-state index is -0.397. The van der Waals surface area contributed by atoms with E-state index in [-0.39, 0.29) is 5.82 Å². The normalized spacial score (nSPS) is 10.6. The molecule has 0 aliphatic heterocycles. The van der Waals surface area contributed by atoms with Gasteiger partial charge in [0.1, 0.15) is 5.75 Å². The molecular formula is C24H22N4O2. The van der Waals surface area contributed by atoms with Crippen molar-refractivity contribution in [3.8, 4) is 22.8 Å². The number of carbonyl (C=O) groups is 1. The summed E-state index contributed by atoms with van der Waals surface area (Å²) in [7, 11) is 0. The molecule has 0 spiro atoms. The van der Waals surface area contributed by atoms with Crippen molar-refractivity contribution in [1.82, 2.24) is 14.8 Å². The van der Waals surface area contributed by atoms with Crippen molar-refractivity contribution in [2.45, 2.75) is 13.8 Å². The second-order valence-corrected chi connectivity index (χ2v) is 6.71. The Hall–Kier alpha value is -3.93. The lowest BCUT2D eigenvalue weighted by atomic mass is 10.2. The van der Waals surface area contributed by atoms with Gasteiger partial charge in [-0.15, -0.1) is 5.10 Å². The highest BCUT2D eigenvalue weighted by Crippen LogP contribution is 2.26. The molecule has 150 valence electrons. The van der Waals surface area contributed by atoms with Gasteiger partial charge in [-0.3, -0.25) is 4.79 Å². The summed E-state index contributed by atoms with van der Waals surface area (Å²) in [6.45, 7) is 4.41. The Balaban J connectivity index is 1.75. The molecule has 3 aromatic carbocycles. The van der Waals surface area contributed by atoms with Crippen molar-refractivity contribution in [3.63, 3.8) is 0 Å². The topological polar surface area (TPSA) is 69.0 Å². The smallest absolute Gasteiger partial charge is 0.295 e. The Morgan fingerprint density at radius 3 is 2.43 bits per heavy atom. The molecule has 4 rings (SSSR count). The van der Waals surface area contributed by atoms with Crippen LogP contribution in [0.1, 0.15) is 23.1 Å². The summed E-state index contributed by atoms with van der Waals surface area (Å²) in [5.41, 5.74) is 3.37. The minimum absolute atomic E-state index is 0.0865. The van der Waals surface area contributed by atoms with Crippen LogP contribution in [0, 0.1) is 6.92 Å². The third-order valence-electron chi connectivity index (χ3n) is 4.62. The molecular weight excluding hydrogens is 376 g/mol. The van der Waals surface area contributed by atoms with E-state index in [4.69, 9.17) is 4.74 Å². The summed E-state index contributed by atoms with van der Waals surface area (Å²) in [5.74, 6) is 0.901. The molecule has 1 heterocycles. The number of para-hydroxylation sites is 3. The third kappa shape index (κ3) is 3.93. The van der Waals surface area contributed by atoms with Gasteiger partial charge in [0.15, 0.2) is 5.82 Å². The Labute approximate surface area is 175 Å². The predicted octanol–water partition coefficient (Wildman–Crippen LogP) is 4.89. The second-order valence-electron chi connectivity index (χ2n) is 6.71. The fourth-order valence-corrected chi connectivity index (χ4v) is 3.18. The van der Waals surface area contributed by atoms with E-state index in [1.165, 1.54) is 0 Å². The molecule has 0 aliphatic carbocycles. The SMILES string of the molecule is CCOc1ccccc1NC(=O)c1nc(-c2ccccc2)n(-c2ccccc2C)n1. The van der Waals surface area contributed by atoms with Crippen molar-refractivity contribution in [1.29, 1.82) is 0 Å². The van der Waals surface area contributed by atoms with Gasteiger partial charge in [-0.25, -0.2) is 9.67 Å². The highest BCUT2D eigenvalue weighted by Gasteiger charge is 2.20. The number of aryl methyl sites for hydroxylation is 1. The fraction of sp³-hybridized carbons (Fsp3) is 0.125. The van der Waals surface area contributed by atoms with Gasteiger partial charge in [-0.2, -0.15) is 0 Å². The summed E-state index contributed by atoms with van der Waals surface area (Å²) < 4.78 is 7.31. The number of ether oxygens (including phenoxy) is 1. The summed E-state index contributed by atoms with van der Waals surface area (Å²) in [6, 6.07) is 24.9. The highest BCUT2D eigenvalue weighted by molar-refractivity contribution is 6.02. The van der Waals surface area contributed by atoms with E-state index in [1.807, 2.05) is 86.6 Å². The highest BCUT2D eigenvalue weighted by atomic mass is 16.5. The average Bonchev–Trinajstić information content (AvgIpc) is 3.22. The summed E-state index contributed by atoms with van der Waals surface area (Å²) in [4.78, 5) is 17.5. The molecule has 0 bridgehead atoms. The van der Waals surface area contributed by atoms with Crippen molar-refractivity contribution in [3.05, 3.63) is 90.3 Å². The van der Waals surface area contributed by atoms with Crippen LogP contribution in [0.15, 0.2) is 78.9 Å². The van der Waals surface area contributed by atoms with Gasteiger partial charge < -0.3 is 10.1 Å². The van der Waals surface area contributed by atoms with Crippen LogP contribution in [0.2, 0.25) is 0 Å².